The molecule has 2 N–H and O–H groups in total. The van der Waals surface area contributed by atoms with Gasteiger partial charge in [-0.1, -0.05) is 17.7 Å². The molecule has 0 saturated heterocycles. The molecule has 0 aliphatic rings. The van der Waals surface area contributed by atoms with Gasteiger partial charge in [0.25, 0.3) is 0 Å². The summed E-state index contributed by atoms with van der Waals surface area (Å²) >= 11 is 6.24. The Morgan fingerprint density at radius 2 is 1.94 bits per heavy atom. The van der Waals surface area contributed by atoms with Gasteiger partial charge >= 0.3 is 0 Å². The minimum Gasteiger partial charge on any atom is -0.340 e. The maximum absolute atomic E-state index is 6.25. The van der Waals surface area contributed by atoms with E-state index in [1.54, 1.807) is 0 Å². The Balaban J connectivity index is 2.85. The number of nitrogens with zero attached hydrogens (tertiary/aromatic N) is 1. The predicted octanol–water partition coefficient (Wildman–Crippen LogP) is 4.07. The Labute approximate surface area is 107 Å². The zero-order valence-corrected chi connectivity index (χ0v) is 11.5. The SMILES string of the molecule is CC(C)n1c(C(C)(C)N)cc2c(Cl)cccc21. The van der Waals surface area contributed by atoms with Crippen molar-refractivity contribution in [1.82, 2.24) is 4.57 Å². The van der Waals surface area contributed by atoms with Gasteiger partial charge in [0.05, 0.1) is 11.1 Å². The molecule has 0 unspecified atom stereocenters. The molecule has 0 radical (unpaired) electrons. The summed E-state index contributed by atoms with van der Waals surface area (Å²) in [5.41, 5.74) is 8.15. The highest BCUT2D eigenvalue weighted by atomic mass is 35.5. The van der Waals surface area contributed by atoms with Crippen molar-refractivity contribution in [2.24, 2.45) is 5.73 Å². The third kappa shape index (κ3) is 2.07. The van der Waals surface area contributed by atoms with Crippen molar-refractivity contribution in [3.05, 3.63) is 35.0 Å². The molecule has 1 aromatic carbocycles. The van der Waals surface area contributed by atoms with Crippen LogP contribution in [0.3, 0.4) is 0 Å². The zero-order chi connectivity index (χ0) is 12.8. The van der Waals surface area contributed by atoms with Crippen molar-refractivity contribution >= 4 is 22.5 Å². The number of nitrogens with two attached hydrogens (primary N) is 1. The summed E-state index contributed by atoms with van der Waals surface area (Å²) < 4.78 is 2.27. The van der Waals surface area contributed by atoms with Crippen LogP contribution in [-0.2, 0) is 5.54 Å². The van der Waals surface area contributed by atoms with Gasteiger partial charge in [-0.25, -0.2) is 0 Å². The van der Waals surface area contributed by atoms with Crippen LogP contribution in [0.2, 0.25) is 5.02 Å². The van der Waals surface area contributed by atoms with E-state index < -0.39 is 0 Å². The standard InChI is InChI=1S/C14H19ClN2/c1-9(2)17-12-7-5-6-11(15)10(12)8-13(17)14(3,4)16/h5-9H,16H2,1-4H3. The van der Waals surface area contributed by atoms with Crippen LogP contribution in [0.4, 0.5) is 0 Å². The number of hydrogen-bond acceptors (Lipinski definition) is 1. The Morgan fingerprint density at radius 1 is 1.29 bits per heavy atom. The summed E-state index contributed by atoms with van der Waals surface area (Å²) in [6.07, 6.45) is 0. The van der Waals surface area contributed by atoms with Crippen LogP contribution in [0.1, 0.15) is 39.4 Å². The predicted molar refractivity (Wildman–Crippen MR) is 74.5 cm³/mol. The largest absolute Gasteiger partial charge is 0.340 e. The highest BCUT2D eigenvalue weighted by molar-refractivity contribution is 6.35. The second-order valence-corrected chi connectivity index (χ2v) is 5.79. The quantitative estimate of drug-likeness (QED) is 0.856. The molecule has 0 atom stereocenters. The average molecular weight is 251 g/mol. The van der Waals surface area contributed by atoms with Gasteiger partial charge in [0.15, 0.2) is 0 Å². The number of benzene rings is 1. The van der Waals surface area contributed by atoms with Gasteiger partial charge in [0.1, 0.15) is 0 Å². The fourth-order valence-electron chi connectivity index (χ4n) is 2.27. The molecule has 2 aromatic rings. The van der Waals surface area contributed by atoms with Crippen molar-refractivity contribution in [2.75, 3.05) is 0 Å². The molecular formula is C14H19ClN2. The number of rotatable bonds is 2. The first-order valence-corrected chi connectivity index (χ1v) is 6.29. The second-order valence-electron chi connectivity index (χ2n) is 5.39. The van der Waals surface area contributed by atoms with E-state index in [9.17, 15) is 0 Å². The third-order valence-corrected chi connectivity index (χ3v) is 3.34. The fourth-order valence-corrected chi connectivity index (χ4v) is 2.49. The molecule has 0 fully saturated rings. The molecule has 0 bridgehead atoms. The summed E-state index contributed by atoms with van der Waals surface area (Å²) in [6, 6.07) is 8.47. The van der Waals surface area contributed by atoms with Gasteiger partial charge in [0.2, 0.25) is 0 Å². The van der Waals surface area contributed by atoms with Crippen LogP contribution in [0.25, 0.3) is 10.9 Å². The molecule has 17 heavy (non-hydrogen) atoms. The van der Waals surface area contributed by atoms with E-state index in [4.69, 9.17) is 17.3 Å². The average Bonchev–Trinajstić information content (AvgIpc) is 2.57. The van der Waals surface area contributed by atoms with E-state index in [1.165, 1.54) is 0 Å². The van der Waals surface area contributed by atoms with Crippen LogP contribution in [0.5, 0.6) is 0 Å². The first kappa shape index (κ1) is 12.5. The summed E-state index contributed by atoms with van der Waals surface area (Å²) in [5.74, 6) is 0. The van der Waals surface area contributed by atoms with Gasteiger partial charge in [0, 0.05) is 22.1 Å². The van der Waals surface area contributed by atoms with E-state index in [-0.39, 0.29) is 5.54 Å². The first-order valence-electron chi connectivity index (χ1n) is 5.91. The molecule has 0 aliphatic carbocycles. The van der Waals surface area contributed by atoms with Crippen LogP contribution in [0, 0.1) is 0 Å². The van der Waals surface area contributed by atoms with Crippen LogP contribution >= 0.6 is 11.6 Å². The molecule has 92 valence electrons. The Bertz CT molecular complexity index is 547. The van der Waals surface area contributed by atoms with Crippen LogP contribution < -0.4 is 5.73 Å². The topological polar surface area (TPSA) is 30.9 Å². The highest BCUT2D eigenvalue weighted by Gasteiger charge is 2.23. The van der Waals surface area contributed by atoms with Gasteiger partial charge < -0.3 is 10.3 Å². The number of halogens is 1. The van der Waals surface area contributed by atoms with Gasteiger partial charge in [-0.15, -0.1) is 0 Å². The molecule has 2 nitrogen and oxygen atoms in total. The molecule has 0 aliphatic heterocycles. The van der Waals surface area contributed by atoms with E-state index in [1.807, 2.05) is 26.0 Å². The Kier molecular flexibility index (Phi) is 2.96. The van der Waals surface area contributed by atoms with E-state index in [0.29, 0.717) is 6.04 Å². The Hall–Kier alpha value is -0.990. The fraction of sp³-hybridized carbons (Fsp3) is 0.429. The van der Waals surface area contributed by atoms with Crippen molar-refractivity contribution < 1.29 is 0 Å². The summed E-state index contributed by atoms with van der Waals surface area (Å²) in [7, 11) is 0. The normalized spacial score (nSPS) is 12.6. The maximum Gasteiger partial charge on any atom is 0.0506 e. The third-order valence-electron chi connectivity index (χ3n) is 3.01. The van der Waals surface area contributed by atoms with Crippen LogP contribution in [-0.4, -0.2) is 4.57 Å². The molecule has 1 heterocycles. The van der Waals surface area contributed by atoms with E-state index >= 15 is 0 Å². The van der Waals surface area contributed by atoms with Gasteiger partial charge in [-0.2, -0.15) is 0 Å². The monoisotopic (exact) mass is 250 g/mol. The number of hydrogen-bond donors (Lipinski definition) is 1. The van der Waals surface area contributed by atoms with E-state index in [2.05, 4.69) is 30.5 Å². The van der Waals surface area contributed by atoms with Crippen molar-refractivity contribution in [3.8, 4) is 0 Å². The lowest BCUT2D eigenvalue weighted by Crippen LogP contribution is -2.32. The Morgan fingerprint density at radius 3 is 2.47 bits per heavy atom. The van der Waals surface area contributed by atoms with Crippen molar-refractivity contribution in [2.45, 2.75) is 39.3 Å². The summed E-state index contributed by atoms with van der Waals surface area (Å²) in [5, 5.41) is 1.86. The molecule has 0 amide bonds. The van der Waals surface area contributed by atoms with Gasteiger partial charge in [-0.05, 0) is 45.9 Å². The minimum absolute atomic E-state index is 0.365. The maximum atomic E-state index is 6.25. The lowest BCUT2D eigenvalue weighted by atomic mass is 10.0. The van der Waals surface area contributed by atoms with E-state index in [0.717, 1.165) is 21.6 Å². The highest BCUT2D eigenvalue weighted by Crippen LogP contribution is 2.33. The summed E-state index contributed by atoms with van der Waals surface area (Å²) in [4.78, 5) is 0. The molecular weight excluding hydrogens is 232 g/mol. The molecule has 0 spiro atoms. The molecule has 3 heteroatoms. The lowest BCUT2D eigenvalue weighted by molar-refractivity contribution is 0.474. The van der Waals surface area contributed by atoms with Crippen LogP contribution in [0.15, 0.2) is 24.3 Å². The van der Waals surface area contributed by atoms with Crippen molar-refractivity contribution in [3.63, 3.8) is 0 Å². The molecule has 1 aromatic heterocycles. The molecule has 2 rings (SSSR count). The first-order chi connectivity index (χ1) is 7.82. The number of aromatic nitrogens is 1. The van der Waals surface area contributed by atoms with Crippen molar-refractivity contribution in [1.29, 1.82) is 0 Å². The number of fused-ring (bicyclic) bond motifs is 1. The second kappa shape index (κ2) is 4.04. The minimum atomic E-state index is -0.368. The molecule has 0 saturated carbocycles. The lowest BCUT2D eigenvalue weighted by Gasteiger charge is -2.24. The van der Waals surface area contributed by atoms with Gasteiger partial charge in [-0.3, -0.25) is 0 Å². The smallest absolute Gasteiger partial charge is 0.0506 e. The summed E-state index contributed by atoms with van der Waals surface area (Å²) in [6.45, 7) is 8.37. The zero-order valence-electron chi connectivity index (χ0n) is 10.8.